The highest BCUT2D eigenvalue weighted by Crippen LogP contribution is 2.26. The first-order valence-corrected chi connectivity index (χ1v) is 7.98. The molecule has 0 aliphatic rings. The molecule has 118 valence electrons. The molecule has 0 atom stereocenters. The summed E-state index contributed by atoms with van der Waals surface area (Å²) < 4.78 is 6.15. The lowest BCUT2D eigenvalue weighted by atomic mass is 10.0. The summed E-state index contributed by atoms with van der Waals surface area (Å²) in [5.74, 6) is 0.739. The number of benzene rings is 1. The average molecular weight is 339 g/mol. The summed E-state index contributed by atoms with van der Waals surface area (Å²) in [4.78, 5) is 17.9. The highest BCUT2D eigenvalue weighted by atomic mass is 35.5. The fourth-order valence-electron chi connectivity index (χ4n) is 2.29. The van der Waals surface area contributed by atoms with Crippen LogP contribution in [0.5, 0.6) is 5.75 Å². The summed E-state index contributed by atoms with van der Waals surface area (Å²) in [6.07, 6.45) is 1.18. The summed E-state index contributed by atoms with van der Waals surface area (Å²) in [7, 11) is 0. The number of hydrogen-bond donors (Lipinski definition) is 2. The molecular formula is C16H19ClN2O2S. The lowest BCUT2D eigenvalue weighted by Gasteiger charge is -2.15. The number of aromatic nitrogens is 2. The molecule has 0 bridgehead atoms. The first-order valence-electron chi connectivity index (χ1n) is 7.20. The van der Waals surface area contributed by atoms with Gasteiger partial charge in [-0.05, 0) is 50.7 Å². The topological polar surface area (TPSA) is 57.9 Å². The fraction of sp³-hybridized carbons (Fsp3) is 0.375. The first kappa shape index (κ1) is 16.8. The highest BCUT2D eigenvalue weighted by molar-refractivity contribution is 7.71. The molecule has 22 heavy (non-hydrogen) atoms. The maximum absolute atomic E-state index is 12.2. The predicted molar refractivity (Wildman–Crippen MR) is 91.6 cm³/mol. The number of hydrogen-bond acceptors (Lipinski definition) is 3. The second-order valence-electron chi connectivity index (χ2n) is 5.31. The number of ether oxygens (including phenoxy) is 1. The third kappa shape index (κ3) is 3.99. The number of aryl methyl sites for hydroxylation is 1. The quantitative estimate of drug-likeness (QED) is 0.809. The second kappa shape index (κ2) is 7.11. The van der Waals surface area contributed by atoms with Crippen LogP contribution in [0.15, 0.2) is 23.0 Å². The maximum Gasteiger partial charge on any atom is 0.255 e. The van der Waals surface area contributed by atoms with Crippen molar-refractivity contribution in [3.63, 3.8) is 0 Å². The van der Waals surface area contributed by atoms with Crippen molar-refractivity contribution in [1.29, 1.82) is 0 Å². The van der Waals surface area contributed by atoms with E-state index < -0.39 is 0 Å². The summed E-state index contributed by atoms with van der Waals surface area (Å²) in [5, 5.41) is 0.615. The monoisotopic (exact) mass is 338 g/mol. The number of rotatable bonds is 5. The minimum atomic E-state index is -0.170. The molecule has 0 unspecified atom stereocenters. The molecule has 2 N–H and O–H groups in total. The van der Waals surface area contributed by atoms with Gasteiger partial charge < -0.3 is 9.72 Å². The Morgan fingerprint density at radius 3 is 2.68 bits per heavy atom. The Balaban J connectivity index is 2.49. The lowest BCUT2D eigenvalue weighted by Crippen LogP contribution is -2.18. The molecule has 0 spiro atoms. The minimum Gasteiger partial charge on any atom is -0.491 e. The Kier molecular flexibility index (Phi) is 5.42. The van der Waals surface area contributed by atoms with Crippen LogP contribution in [0.1, 0.15) is 37.6 Å². The normalized spacial score (nSPS) is 11.0. The van der Waals surface area contributed by atoms with Crippen LogP contribution in [0.2, 0.25) is 5.02 Å². The third-order valence-electron chi connectivity index (χ3n) is 3.24. The maximum atomic E-state index is 12.2. The Bertz CT molecular complexity index is 780. The van der Waals surface area contributed by atoms with E-state index in [4.69, 9.17) is 28.6 Å². The van der Waals surface area contributed by atoms with Gasteiger partial charge in [0.15, 0.2) is 4.77 Å². The van der Waals surface area contributed by atoms with Crippen LogP contribution in [0.25, 0.3) is 0 Å². The molecule has 1 heterocycles. The molecule has 2 aromatic rings. The molecular weight excluding hydrogens is 320 g/mol. The largest absolute Gasteiger partial charge is 0.491 e. The van der Waals surface area contributed by atoms with E-state index in [1.54, 1.807) is 6.07 Å². The summed E-state index contributed by atoms with van der Waals surface area (Å²) in [6, 6.07) is 5.45. The zero-order chi connectivity index (χ0) is 16.3. The summed E-state index contributed by atoms with van der Waals surface area (Å²) in [5.41, 5.74) is 2.21. The molecule has 0 saturated carbocycles. The average Bonchev–Trinajstić information content (AvgIpc) is 2.43. The molecule has 1 aromatic carbocycles. The van der Waals surface area contributed by atoms with Gasteiger partial charge in [0.1, 0.15) is 5.75 Å². The molecule has 0 saturated heterocycles. The molecule has 2 rings (SSSR count). The number of H-pyrrole nitrogens is 2. The Hall–Kier alpha value is -1.59. The number of halogens is 1. The minimum absolute atomic E-state index is 0.0467. The standard InChI is InChI=1S/C16H19ClN2O2S/c1-4-13-12(15(20)19-16(22)18-13)8-10-7-11(17)5-6-14(10)21-9(2)3/h5-7,9H,4,8H2,1-3H3,(H2,18,19,20,22). The van der Waals surface area contributed by atoms with Gasteiger partial charge in [-0.25, -0.2) is 0 Å². The molecule has 0 aliphatic heterocycles. The smallest absolute Gasteiger partial charge is 0.255 e. The van der Waals surface area contributed by atoms with Crippen molar-refractivity contribution in [2.75, 3.05) is 0 Å². The zero-order valence-corrected chi connectivity index (χ0v) is 14.4. The molecule has 0 aliphatic carbocycles. The van der Waals surface area contributed by atoms with Crippen LogP contribution in [0.4, 0.5) is 0 Å². The number of nitrogens with one attached hydrogen (secondary N) is 2. The van der Waals surface area contributed by atoms with E-state index in [9.17, 15) is 4.79 Å². The van der Waals surface area contributed by atoms with E-state index in [2.05, 4.69) is 9.97 Å². The Morgan fingerprint density at radius 1 is 1.32 bits per heavy atom. The van der Waals surface area contributed by atoms with E-state index in [0.29, 0.717) is 28.2 Å². The van der Waals surface area contributed by atoms with Gasteiger partial charge in [-0.15, -0.1) is 0 Å². The molecule has 0 amide bonds. The van der Waals surface area contributed by atoms with E-state index in [1.807, 2.05) is 32.9 Å². The van der Waals surface area contributed by atoms with Crippen molar-refractivity contribution in [2.24, 2.45) is 0 Å². The van der Waals surface area contributed by atoms with E-state index in [1.165, 1.54) is 0 Å². The molecule has 6 heteroatoms. The van der Waals surface area contributed by atoms with Crippen LogP contribution in [-0.2, 0) is 12.8 Å². The second-order valence-corrected chi connectivity index (χ2v) is 6.16. The molecule has 4 nitrogen and oxygen atoms in total. The Labute approximate surface area is 139 Å². The van der Waals surface area contributed by atoms with Gasteiger partial charge in [-0.1, -0.05) is 18.5 Å². The zero-order valence-electron chi connectivity index (χ0n) is 12.8. The summed E-state index contributed by atoms with van der Waals surface area (Å²) in [6.45, 7) is 5.90. The van der Waals surface area contributed by atoms with E-state index in [-0.39, 0.29) is 11.7 Å². The van der Waals surface area contributed by atoms with Gasteiger partial charge in [0.05, 0.1) is 6.10 Å². The highest BCUT2D eigenvalue weighted by Gasteiger charge is 2.13. The third-order valence-corrected chi connectivity index (χ3v) is 3.68. The van der Waals surface area contributed by atoms with Gasteiger partial charge in [0.2, 0.25) is 0 Å². The number of aromatic amines is 2. The van der Waals surface area contributed by atoms with Gasteiger partial charge >= 0.3 is 0 Å². The van der Waals surface area contributed by atoms with Crippen molar-refractivity contribution < 1.29 is 4.74 Å². The van der Waals surface area contributed by atoms with E-state index in [0.717, 1.165) is 17.0 Å². The predicted octanol–water partition coefficient (Wildman–Crippen LogP) is 4.03. The molecule has 1 aromatic heterocycles. The van der Waals surface area contributed by atoms with E-state index >= 15 is 0 Å². The molecule has 0 radical (unpaired) electrons. The van der Waals surface area contributed by atoms with Crippen LogP contribution in [-0.4, -0.2) is 16.1 Å². The fourth-order valence-corrected chi connectivity index (χ4v) is 2.70. The van der Waals surface area contributed by atoms with Gasteiger partial charge in [0, 0.05) is 28.3 Å². The van der Waals surface area contributed by atoms with Gasteiger partial charge in [-0.3, -0.25) is 9.78 Å². The van der Waals surface area contributed by atoms with Crippen molar-refractivity contribution >= 4 is 23.8 Å². The van der Waals surface area contributed by atoms with Crippen molar-refractivity contribution in [1.82, 2.24) is 9.97 Å². The van der Waals surface area contributed by atoms with Crippen LogP contribution >= 0.6 is 23.8 Å². The van der Waals surface area contributed by atoms with Gasteiger partial charge in [-0.2, -0.15) is 0 Å². The SMILES string of the molecule is CCc1[nH]c(=S)[nH]c(=O)c1Cc1cc(Cl)ccc1OC(C)C. The van der Waals surface area contributed by atoms with Crippen LogP contribution < -0.4 is 10.3 Å². The van der Waals surface area contributed by atoms with Crippen molar-refractivity contribution in [3.8, 4) is 5.75 Å². The lowest BCUT2D eigenvalue weighted by molar-refractivity contribution is 0.240. The van der Waals surface area contributed by atoms with Crippen LogP contribution in [0, 0.1) is 4.77 Å². The van der Waals surface area contributed by atoms with Crippen molar-refractivity contribution in [3.05, 3.63) is 55.2 Å². The summed E-state index contributed by atoms with van der Waals surface area (Å²) >= 11 is 11.1. The van der Waals surface area contributed by atoms with Gasteiger partial charge in [0.25, 0.3) is 5.56 Å². The van der Waals surface area contributed by atoms with Crippen LogP contribution in [0.3, 0.4) is 0 Å². The Morgan fingerprint density at radius 2 is 2.05 bits per heavy atom. The van der Waals surface area contributed by atoms with Crippen molar-refractivity contribution in [2.45, 2.75) is 39.7 Å². The first-order chi connectivity index (χ1) is 10.4. The molecule has 0 fully saturated rings.